The molecule has 1 saturated heterocycles. The first kappa shape index (κ1) is 18.2. The predicted molar refractivity (Wildman–Crippen MR) is 89.1 cm³/mol. The van der Waals surface area contributed by atoms with Crippen molar-refractivity contribution in [2.24, 2.45) is 11.3 Å². The van der Waals surface area contributed by atoms with Crippen LogP contribution in [0, 0.1) is 17.2 Å². The minimum absolute atomic E-state index is 0. The number of benzene rings is 1. The van der Waals surface area contributed by atoms with E-state index in [9.17, 15) is 9.18 Å². The summed E-state index contributed by atoms with van der Waals surface area (Å²) in [5.41, 5.74) is 1.12. The van der Waals surface area contributed by atoms with Crippen molar-refractivity contribution in [1.29, 1.82) is 0 Å². The summed E-state index contributed by atoms with van der Waals surface area (Å²) in [5, 5.41) is 6.35. The van der Waals surface area contributed by atoms with E-state index in [0.29, 0.717) is 6.54 Å². The summed E-state index contributed by atoms with van der Waals surface area (Å²) in [4.78, 5) is 12.3. The molecular formula is C17H24ClFN2O2. The maximum Gasteiger partial charge on any atom is 0.223 e. The van der Waals surface area contributed by atoms with Crippen molar-refractivity contribution < 1.29 is 13.9 Å². The van der Waals surface area contributed by atoms with E-state index in [-0.39, 0.29) is 41.6 Å². The highest BCUT2D eigenvalue weighted by molar-refractivity contribution is 5.85. The second-order valence-corrected chi connectivity index (χ2v) is 6.39. The molecule has 4 nitrogen and oxygen atoms in total. The minimum atomic E-state index is -0.270. The number of ether oxygens (including phenoxy) is 1. The van der Waals surface area contributed by atoms with Gasteiger partial charge in [-0.05, 0) is 55.5 Å². The van der Waals surface area contributed by atoms with E-state index < -0.39 is 0 Å². The number of piperidine rings is 1. The summed E-state index contributed by atoms with van der Waals surface area (Å²) in [6.45, 7) is 2.45. The maximum absolute atomic E-state index is 13.0. The molecule has 1 aliphatic heterocycles. The number of carbonyl (C=O) groups excluding carboxylic acids is 1. The number of carbonyl (C=O) groups is 1. The van der Waals surface area contributed by atoms with Crippen LogP contribution >= 0.6 is 12.4 Å². The van der Waals surface area contributed by atoms with E-state index >= 15 is 0 Å². The van der Waals surface area contributed by atoms with Crippen LogP contribution in [-0.4, -0.2) is 32.7 Å². The first-order valence-electron chi connectivity index (χ1n) is 7.91. The van der Waals surface area contributed by atoms with Crippen LogP contribution in [0.4, 0.5) is 4.39 Å². The van der Waals surface area contributed by atoms with Crippen LogP contribution in [0.15, 0.2) is 24.3 Å². The Balaban J connectivity index is 0.00000192. The molecule has 2 N–H and O–H groups in total. The van der Waals surface area contributed by atoms with Crippen LogP contribution in [0.1, 0.15) is 30.9 Å². The molecule has 1 aromatic carbocycles. The van der Waals surface area contributed by atoms with E-state index in [4.69, 9.17) is 4.74 Å². The fourth-order valence-corrected chi connectivity index (χ4v) is 3.53. The van der Waals surface area contributed by atoms with Gasteiger partial charge in [0.1, 0.15) is 5.82 Å². The molecule has 2 fully saturated rings. The number of methoxy groups -OCH3 is 1. The molecule has 2 unspecified atom stereocenters. The maximum atomic E-state index is 13.0. The third-order valence-electron chi connectivity index (χ3n) is 5.09. The lowest BCUT2D eigenvalue weighted by atomic mass is 9.92. The van der Waals surface area contributed by atoms with Crippen molar-refractivity contribution >= 4 is 18.3 Å². The summed E-state index contributed by atoms with van der Waals surface area (Å²) < 4.78 is 18.4. The highest BCUT2D eigenvalue weighted by atomic mass is 35.5. The van der Waals surface area contributed by atoms with Gasteiger partial charge >= 0.3 is 0 Å². The topological polar surface area (TPSA) is 50.4 Å². The van der Waals surface area contributed by atoms with Gasteiger partial charge in [-0.2, -0.15) is 0 Å². The summed E-state index contributed by atoms with van der Waals surface area (Å²) in [7, 11) is 1.60. The third-order valence-corrected chi connectivity index (χ3v) is 5.09. The first-order valence-corrected chi connectivity index (χ1v) is 7.91. The molecule has 1 heterocycles. The lowest BCUT2D eigenvalue weighted by Crippen LogP contribution is -2.35. The Kier molecular flexibility index (Phi) is 6.00. The number of halogens is 2. The number of hydrogen-bond acceptors (Lipinski definition) is 3. The summed E-state index contributed by atoms with van der Waals surface area (Å²) in [6.07, 6.45) is 2.95. The first-order chi connectivity index (χ1) is 10.6. The molecule has 0 bridgehead atoms. The molecule has 6 heteroatoms. The Bertz CT molecular complexity index is 532. The van der Waals surface area contributed by atoms with Gasteiger partial charge in [-0.3, -0.25) is 4.79 Å². The number of amides is 1. The minimum Gasteiger partial charge on any atom is -0.375 e. The van der Waals surface area contributed by atoms with Crippen LogP contribution in [0.2, 0.25) is 0 Å². The molecule has 1 aliphatic carbocycles. The van der Waals surface area contributed by atoms with Crippen LogP contribution in [0.5, 0.6) is 0 Å². The van der Waals surface area contributed by atoms with Crippen molar-refractivity contribution in [3.8, 4) is 0 Å². The van der Waals surface area contributed by atoms with Crippen LogP contribution < -0.4 is 10.6 Å². The molecule has 1 saturated carbocycles. The quantitative estimate of drug-likeness (QED) is 0.864. The smallest absolute Gasteiger partial charge is 0.223 e. The van der Waals surface area contributed by atoms with Crippen molar-refractivity contribution in [2.75, 3.05) is 26.7 Å². The number of rotatable bonds is 5. The summed E-state index contributed by atoms with van der Waals surface area (Å²) in [6, 6.07) is 6.21. The van der Waals surface area contributed by atoms with Crippen molar-refractivity contribution in [3.05, 3.63) is 35.6 Å². The van der Waals surface area contributed by atoms with E-state index in [1.54, 1.807) is 19.2 Å². The van der Waals surface area contributed by atoms with Crippen LogP contribution in [-0.2, 0) is 9.53 Å². The molecule has 128 valence electrons. The van der Waals surface area contributed by atoms with Gasteiger partial charge < -0.3 is 15.4 Å². The fourth-order valence-electron chi connectivity index (χ4n) is 3.53. The summed E-state index contributed by atoms with van der Waals surface area (Å²) in [5.74, 6) is 0.0138. The predicted octanol–water partition coefficient (Wildman–Crippen LogP) is 2.44. The van der Waals surface area contributed by atoms with Gasteiger partial charge in [-0.25, -0.2) is 4.39 Å². The molecule has 2 atom stereocenters. The zero-order chi connectivity index (χ0) is 15.6. The van der Waals surface area contributed by atoms with Crippen molar-refractivity contribution in [1.82, 2.24) is 10.6 Å². The molecule has 2 aliphatic rings. The van der Waals surface area contributed by atoms with Crippen molar-refractivity contribution in [2.45, 2.75) is 25.4 Å². The van der Waals surface area contributed by atoms with E-state index in [2.05, 4.69) is 10.6 Å². The fraction of sp³-hybridized carbons (Fsp3) is 0.588. The molecule has 1 aromatic rings. The van der Waals surface area contributed by atoms with Gasteiger partial charge in [0.05, 0.1) is 6.10 Å². The van der Waals surface area contributed by atoms with E-state index in [0.717, 1.165) is 37.9 Å². The van der Waals surface area contributed by atoms with E-state index in [1.807, 2.05) is 0 Å². The van der Waals surface area contributed by atoms with Gasteiger partial charge in [0.15, 0.2) is 0 Å². The molecule has 1 spiro atoms. The van der Waals surface area contributed by atoms with Gasteiger partial charge in [0.25, 0.3) is 0 Å². The zero-order valence-corrected chi connectivity index (χ0v) is 14.1. The van der Waals surface area contributed by atoms with Gasteiger partial charge in [0.2, 0.25) is 5.91 Å². The number of nitrogens with one attached hydrogen (secondary N) is 2. The van der Waals surface area contributed by atoms with Crippen LogP contribution in [0.25, 0.3) is 0 Å². The third kappa shape index (κ3) is 4.03. The second-order valence-electron chi connectivity index (χ2n) is 6.39. The molecule has 3 rings (SSSR count). The van der Waals surface area contributed by atoms with Crippen LogP contribution in [0.3, 0.4) is 0 Å². The standard InChI is InChI=1S/C17H23FN2O2.ClH/c1-22-15(12-2-4-13(18)5-3-12)11-20-16(21)14-10-17(14)6-8-19-9-7-17;/h2-5,14-15,19H,6-11H2,1H3,(H,20,21);1H. The number of hydrogen-bond donors (Lipinski definition) is 2. The van der Waals surface area contributed by atoms with Gasteiger partial charge in [-0.15, -0.1) is 12.4 Å². The van der Waals surface area contributed by atoms with Crippen molar-refractivity contribution in [3.63, 3.8) is 0 Å². The SMILES string of the molecule is COC(CNC(=O)C1CC12CCNCC2)c1ccc(F)cc1.Cl. The highest BCUT2D eigenvalue weighted by Crippen LogP contribution is 2.58. The van der Waals surface area contributed by atoms with Gasteiger partial charge in [-0.1, -0.05) is 12.1 Å². The Morgan fingerprint density at radius 2 is 2.04 bits per heavy atom. The lowest BCUT2D eigenvalue weighted by molar-refractivity contribution is -0.123. The Hall–Kier alpha value is -1.17. The average molecular weight is 343 g/mol. The normalized spacial score (nSPS) is 23.0. The average Bonchev–Trinajstić information content (AvgIpc) is 3.23. The Morgan fingerprint density at radius 3 is 2.65 bits per heavy atom. The molecular weight excluding hydrogens is 319 g/mol. The highest BCUT2D eigenvalue weighted by Gasteiger charge is 2.57. The monoisotopic (exact) mass is 342 g/mol. The molecule has 0 aromatic heterocycles. The molecule has 0 radical (unpaired) electrons. The van der Waals surface area contributed by atoms with Gasteiger partial charge in [0, 0.05) is 19.6 Å². The van der Waals surface area contributed by atoms with E-state index in [1.165, 1.54) is 12.1 Å². The Morgan fingerprint density at radius 1 is 1.39 bits per heavy atom. The molecule has 1 amide bonds. The second kappa shape index (κ2) is 7.60. The molecule has 23 heavy (non-hydrogen) atoms. The largest absolute Gasteiger partial charge is 0.375 e. The zero-order valence-electron chi connectivity index (χ0n) is 13.3. The summed E-state index contributed by atoms with van der Waals surface area (Å²) >= 11 is 0. The Labute approximate surface area is 142 Å². The lowest BCUT2D eigenvalue weighted by Gasteiger charge is -2.23.